The zero-order valence-electron chi connectivity index (χ0n) is 16.4. The molecule has 150 valence electrons. The molecule has 28 heavy (non-hydrogen) atoms. The summed E-state index contributed by atoms with van der Waals surface area (Å²) in [7, 11) is -3.85. The Morgan fingerprint density at radius 3 is 2.57 bits per heavy atom. The van der Waals surface area contributed by atoms with Crippen molar-refractivity contribution in [2.75, 3.05) is 22.7 Å². The predicted molar refractivity (Wildman–Crippen MR) is 111 cm³/mol. The van der Waals surface area contributed by atoms with Gasteiger partial charge in [-0.05, 0) is 62.4 Å². The van der Waals surface area contributed by atoms with Crippen LogP contribution in [-0.2, 0) is 10.0 Å². The Morgan fingerprint density at radius 1 is 1.18 bits per heavy atom. The molecule has 7 heteroatoms. The van der Waals surface area contributed by atoms with Crippen molar-refractivity contribution in [3.8, 4) is 0 Å². The maximum Gasteiger partial charge on any atom is 0.335 e. The average molecular weight is 403 g/mol. The molecule has 0 aromatic heterocycles. The predicted octanol–water partition coefficient (Wildman–Crippen LogP) is 4.04. The first-order valence-electron chi connectivity index (χ1n) is 9.40. The van der Waals surface area contributed by atoms with Gasteiger partial charge in [0.15, 0.2) is 0 Å². The minimum Gasteiger partial charge on any atom is -0.478 e. The molecule has 0 spiro atoms. The van der Waals surface area contributed by atoms with Gasteiger partial charge >= 0.3 is 5.97 Å². The number of nitrogens with one attached hydrogen (secondary N) is 1. The summed E-state index contributed by atoms with van der Waals surface area (Å²) in [5.41, 5.74) is 2.69. The zero-order chi connectivity index (χ0) is 20.5. The Kier molecular flexibility index (Phi) is 5.65. The molecule has 0 radical (unpaired) electrons. The fourth-order valence-corrected chi connectivity index (χ4v) is 5.03. The lowest BCUT2D eigenvalue weighted by Crippen LogP contribution is -2.35. The SMILES string of the molecule is Cc1ccc(S(=O)(=O)Nc2cc(C(=O)O)ccc2N2CCCC(C)C2)c(C)c1. The maximum atomic E-state index is 13.0. The number of aryl methyl sites for hydroxylation is 2. The minimum absolute atomic E-state index is 0.0483. The number of hydrogen-bond donors (Lipinski definition) is 2. The average Bonchev–Trinajstić information content (AvgIpc) is 2.60. The van der Waals surface area contributed by atoms with E-state index >= 15 is 0 Å². The molecule has 1 heterocycles. The Balaban J connectivity index is 2.03. The number of carboxylic acid groups (broad SMARTS) is 1. The monoisotopic (exact) mass is 402 g/mol. The second-order valence-electron chi connectivity index (χ2n) is 7.60. The third kappa shape index (κ3) is 4.30. The Labute approximate surface area is 166 Å². The molecule has 1 fully saturated rings. The van der Waals surface area contributed by atoms with Gasteiger partial charge in [-0.25, -0.2) is 13.2 Å². The molecule has 1 aliphatic rings. The van der Waals surface area contributed by atoms with E-state index in [0.717, 1.165) is 31.5 Å². The fourth-order valence-electron chi connectivity index (χ4n) is 3.74. The molecule has 0 bridgehead atoms. The molecule has 2 aromatic carbocycles. The van der Waals surface area contributed by atoms with Crippen LogP contribution < -0.4 is 9.62 Å². The summed E-state index contributed by atoms with van der Waals surface area (Å²) in [6, 6.07) is 9.76. The molecule has 0 aliphatic carbocycles. The van der Waals surface area contributed by atoms with Crippen molar-refractivity contribution in [1.82, 2.24) is 0 Å². The molecular formula is C21H26N2O4S. The number of benzene rings is 2. The Morgan fingerprint density at radius 2 is 1.93 bits per heavy atom. The number of piperidine rings is 1. The van der Waals surface area contributed by atoms with E-state index in [2.05, 4.69) is 16.5 Å². The topological polar surface area (TPSA) is 86.7 Å². The van der Waals surface area contributed by atoms with Gasteiger partial charge in [0, 0.05) is 13.1 Å². The van der Waals surface area contributed by atoms with Crippen LogP contribution in [0.4, 0.5) is 11.4 Å². The van der Waals surface area contributed by atoms with Crippen LogP contribution in [0.5, 0.6) is 0 Å². The van der Waals surface area contributed by atoms with Gasteiger partial charge < -0.3 is 10.0 Å². The van der Waals surface area contributed by atoms with Crippen LogP contribution in [0, 0.1) is 19.8 Å². The number of carbonyl (C=O) groups is 1. The van der Waals surface area contributed by atoms with Gasteiger partial charge in [0.2, 0.25) is 0 Å². The van der Waals surface area contributed by atoms with E-state index in [4.69, 9.17) is 0 Å². The third-order valence-corrected chi connectivity index (χ3v) is 6.63. The van der Waals surface area contributed by atoms with Crippen molar-refractivity contribution >= 4 is 27.4 Å². The number of nitrogens with zero attached hydrogens (tertiary/aromatic N) is 1. The van der Waals surface area contributed by atoms with E-state index < -0.39 is 16.0 Å². The van der Waals surface area contributed by atoms with E-state index in [1.807, 2.05) is 13.0 Å². The van der Waals surface area contributed by atoms with Crippen LogP contribution in [0.2, 0.25) is 0 Å². The third-order valence-electron chi connectivity index (χ3n) is 5.11. The molecule has 1 aliphatic heterocycles. The molecule has 0 amide bonds. The van der Waals surface area contributed by atoms with Crippen LogP contribution in [0.25, 0.3) is 0 Å². The van der Waals surface area contributed by atoms with Crippen LogP contribution in [0.15, 0.2) is 41.3 Å². The van der Waals surface area contributed by atoms with Gasteiger partial charge in [0.1, 0.15) is 0 Å². The molecule has 1 unspecified atom stereocenters. The summed E-state index contributed by atoms with van der Waals surface area (Å²) in [5, 5.41) is 9.35. The van der Waals surface area contributed by atoms with Crippen LogP contribution in [-0.4, -0.2) is 32.6 Å². The number of carboxylic acids is 1. The van der Waals surface area contributed by atoms with Crippen molar-refractivity contribution in [1.29, 1.82) is 0 Å². The summed E-state index contributed by atoms with van der Waals surface area (Å²) >= 11 is 0. The molecule has 2 aromatic rings. The highest BCUT2D eigenvalue weighted by Gasteiger charge is 2.24. The molecule has 1 saturated heterocycles. The van der Waals surface area contributed by atoms with Gasteiger partial charge in [-0.1, -0.05) is 24.6 Å². The standard InChI is InChI=1S/C21H26N2O4S/c1-14-6-9-20(16(3)11-14)28(26,27)22-18-12-17(21(24)25)7-8-19(18)23-10-4-5-15(2)13-23/h6-9,11-12,15,22H,4-5,10,13H2,1-3H3,(H,24,25). The summed E-state index contributed by atoms with van der Waals surface area (Å²) in [4.78, 5) is 13.7. The number of aromatic carboxylic acids is 1. The lowest BCUT2D eigenvalue weighted by atomic mass is 9.99. The maximum absolute atomic E-state index is 13.0. The Hall–Kier alpha value is -2.54. The number of rotatable bonds is 5. The van der Waals surface area contributed by atoms with Crippen LogP contribution in [0.1, 0.15) is 41.3 Å². The van der Waals surface area contributed by atoms with E-state index in [1.165, 1.54) is 12.1 Å². The van der Waals surface area contributed by atoms with Crippen LogP contribution >= 0.6 is 0 Å². The second-order valence-corrected chi connectivity index (χ2v) is 9.26. The van der Waals surface area contributed by atoms with Crippen molar-refractivity contribution in [3.63, 3.8) is 0 Å². The summed E-state index contributed by atoms with van der Waals surface area (Å²) < 4.78 is 28.7. The fraction of sp³-hybridized carbons (Fsp3) is 0.381. The molecule has 6 nitrogen and oxygen atoms in total. The Bertz CT molecular complexity index is 1000. The summed E-state index contributed by atoms with van der Waals surface area (Å²) in [6.07, 6.45) is 2.15. The largest absolute Gasteiger partial charge is 0.478 e. The second kappa shape index (κ2) is 7.83. The summed E-state index contributed by atoms with van der Waals surface area (Å²) in [5.74, 6) is -0.595. The van der Waals surface area contributed by atoms with Crippen molar-refractivity contribution in [3.05, 3.63) is 53.1 Å². The zero-order valence-corrected chi connectivity index (χ0v) is 17.2. The highest BCUT2D eigenvalue weighted by atomic mass is 32.2. The quantitative estimate of drug-likeness (QED) is 0.788. The number of hydrogen-bond acceptors (Lipinski definition) is 4. The first kappa shape index (κ1) is 20.2. The van der Waals surface area contributed by atoms with Gasteiger partial charge in [0.05, 0.1) is 21.8 Å². The molecule has 1 atom stereocenters. The van der Waals surface area contributed by atoms with Gasteiger partial charge in [-0.15, -0.1) is 0 Å². The van der Waals surface area contributed by atoms with Crippen molar-refractivity contribution in [2.45, 2.75) is 38.5 Å². The van der Waals surface area contributed by atoms with E-state index in [-0.39, 0.29) is 10.5 Å². The molecule has 2 N–H and O–H groups in total. The lowest BCUT2D eigenvalue weighted by Gasteiger charge is -2.34. The number of anilines is 2. The highest BCUT2D eigenvalue weighted by Crippen LogP contribution is 2.33. The van der Waals surface area contributed by atoms with E-state index in [0.29, 0.717) is 22.9 Å². The normalized spacial score (nSPS) is 17.4. The van der Waals surface area contributed by atoms with E-state index in [9.17, 15) is 18.3 Å². The highest BCUT2D eigenvalue weighted by molar-refractivity contribution is 7.92. The minimum atomic E-state index is -3.85. The molecule has 3 rings (SSSR count). The summed E-state index contributed by atoms with van der Waals surface area (Å²) in [6.45, 7) is 7.45. The van der Waals surface area contributed by atoms with Gasteiger partial charge in [-0.2, -0.15) is 0 Å². The first-order valence-corrected chi connectivity index (χ1v) is 10.9. The van der Waals surface area contributed by atoms with Crippen molar-refractivity contribution in [2.24, 2.45) is 5.92 Å². The smallest absolute Gasteiger partial charge is 0.335 e. The van der Waals surface area contributed by atoms with Gasteiger partial charge in [0.25, 0.3) is 10.0 Å². The first-order chi connectivity index (χ1) is 13.2. The van der Waals surface area contributed by atoms with Crippen LogP contribution in [0.3, 0.4) is 0 Å². The number of sulfonamides is 1. The van der Waals surface area contributed by atoms with E-state index in [1.54, 1.807) is 25.1 Å². The molecule has 0 saturated carbocycles. The van der Waals surface area contributed by atoms with Gasteiger partial charge in [-0.3, -0.25) is 4.72 Å². The van der Waals surface area contributed by atoms with Crippen molar-refractivity contribution < 1.29 is 18.3 Å². The molecular weight excluding hydrogens is 376 g/mol. The lowest BCUT2D eigenvalue weighted by molar-refractivity contribution is 0.0697.